The number of aromatic nitrogens is 1. The number of nitrogens with one attached hydrogen (secondary N) is 1. The summed E-state index contributed by atoms with van der Waals surface area (Å²) in [5.74, 6) is 0. The first-order chi connectivity index (χ1) is 9.11. The lowest BCUT2D eigenvalue weighted by atomic mass is 10.2. The number of benzene rings is 2. The van der Waals surface area contributed by atoms with E-state index in [9.17, 15) is 0 Å². The van der Waals surface area contributed by atoms with Crippen molar-refractivity contribution >= 4 is 44.4 Å². The number of nitrogens with two attached hydrogens (primary N) is 1. The van der Waals surface area contributed by atoms with E-state index in [0.717, 1.165) is 21.2 Å². The van der Waals surface area contributed by atoms with Crippen LogP contribution in [-0.2, 0) is 0 Å². The van der Waals surface area contributed by atoms with Crippen LogP contribution in [0.3, 0.4) is 0 Å². The van der Waals surface area contributed by atoms with Gasteiger partial charge in [-0.15, -0.1) is 0 Å². The Morgan fingerprint density at radius 3 is 2.84 bits per heavy atom. The molecule has 3 N–H and O–H groups in total. The molecule has 1 aromatic heterocycles. The number of aryl methyl sites for hydroxylation is 1. The van der Waals surface area contributed by atoms with Gasteiger partial charge in [0.2, 0.25) is 0 Å². The highest BCUT2D eigenvalue weighted by atomic mass is 79.9. The van der Waals surface area contributed by atoms with Crippen LogP contribution >= 0.6 is 15.9 Å². The molecule has 0 spiro atoms. The van der Waals surface area contributed by atoms with Crippen LogP contribution in [0.2, 0.25) is 0 Å². The third-order valence-corrected chi connectivity index (χ3v) is 3.33. The monoisotopic (exact) mass is 317 g/mol. The minimum Gasteiger partial charge on any atom is -0.423 e. The molecular formula is C14H12BrN3O. The van der Waals surface area contributed by atoms with Crippen molar-refractivity contribution in [2.75, 3.05) is 11.1 Å². The van der Waals surface area contributed by atoms with Gasteiger partial charge in [-0.05, 0) is 48.9 Å². The fraction of sp³-hybridized carbons (Fsp3) is 0.0714. The maximum atomic E-state index is 5.72. The average molecular weight is 318 g/mol. The number of rotatable bonds is 2. The van der Waals surface area contributed by atoms with Gasteiger partial charge < -0.3 is 15.5 Å². The van der Waals surface area contributed by atoms with Gasteiger partial charge in [0.1, 0.15) is 5.52 Å². The van der Waals surface area contributed by atoms with Gasteiger partial charge in [0.05, 0.1) is 0 Å². The Kier molecular flexibility index (Phi) is 2.91. The number of nitrogen functional groups attached to an aromatic ring is 1. The number of halogens is 1. The van der Waals surface area contributed by atoms with Crippen molar-refractivity contribution in [3.63, 3.8) is 0 Å². The summed E-state index contributed by atoms with van der Waals surface area (Å²) < 4.78 is 6.67. The lowest BCUT2D eigenvalue weighted by Crippen LogP contribution is -1.92. The highest BCUT2D eigenvalue weighted by Crippen LogP contribution is 2.26. The van der Waals surface area contributed by atoms with Crippen LogP contribution in [-0.4, -0.2) is 4.98 Å². The molecular weight excluding hydrogens is 306 g/mol. The van der Waals surface area contributed by atoms with Gasteiger partial charge in [-0.25, -0.2) is 0 Å². The summed E-state index contributed by atoms with van der Waals surface area (Å²) >= 11 is 3.44. The summed E-state index contributed by atoms with van der Waals surface area (Å²) in [6.45, 7) is 2.02. The Morgan fingerprint density at radius 2 is 2.05 bits per heavy atom. The second-order valence-electron chi connectivity index (χ2n) is 4.33. The van der Waals surface area contributed by atoms with Gasteiger partial charge in [0.15, 0.2) is 5.58 Å². The Hall–Kier alpha value is -2.01. The molecule has 0 unspecified atom stereocenters. The molecule has 19 heavy (non-hydrogen) atoms. The summed E-state index contributed by atoms with van der Waals surface area (Å²) in [5.41, 5.74) is 9.92. The number of fused-ring (bicyclic) bond motifs is 1. The first kappa shape index (κ1) is 12.0. The van der Waals surface area contributed by atoms with E-state index in [-0.39, 0.29) is 0 Å². The average Bonchev–Trinajstić information content (AvgIpc) is 2.74. The van der Waals surface area contributed by atoms with Gasteiger partial charge in [-0.2, -0.15) is 4.98 Å². The quantitative estimate of drug-likeness (QED) is 0.694. The van der Waals surface area contributed by atoms with E-state index in [1.54, 1.807) is 12.1 Å². The second-order valence-corrected chi connectivity index (χ2v) is 5.25. The summed E-state index contributed by atoms with van der Waals surface area (Å²) in [7, 11) is 0. The van der Waals surface area contributed by atoms with Crippen molar-refractivity contribution in [3.05, 3.63) is 46.4 Å². The smallest absolute Gasteiger partial charge is 0.300 e. The summed E-state index contributed by atoms with van der Waals surface area (Å²) in [4.78, 5) is 4.36. The first-order valence-corrected chi connectivity index (χ1v) is 6.60. The third-order valence-electron chi connectivity index (χ3n) is 2.84. The molecule has 3 aromatic rings. The van der Waals surface area contributed by atoms with Gasteiger partial charge in [-0.1, -0.05) is 15.9 Å². The van der Waals surface area contributed by atoms with E-state index >= 15 is 0 Å². The lowest BCUT2D eigenvalue weighted by Gasteiger charge is -2.05. The fourth-order valence-corrected chi connectivity index (χ4v) is 2.36. The predicted molar refractivity (Wildman–Crippen MR) is 80.6 cm³/mol. The molecule has 4 nitrogen and oxygen atoms in total. The minimum absolute atomic E-state index is 0.464. The predicted octanol–water partition coefficient (Wildman–Crippen LogP) is 4.22. The molecule has 0 saturated heterocycles. The van der Waals surface area contributed by atoms with Gasteiger partial charge in [-0.3, -0.25) is 0 Å². The number of oxazole rings is 1. The molecule has 0 atom stereocenters. The van der Waals surface area contributed by atoms with E-state index in [0.29, 0.717) is 17.3 Å². The van der Waals surface area contributed by atoms with Crippen LogP contribution in [0, 0.1) is 6.92 Å². The van der Waals surface area contributed by atoms with E-state index in [1.807, 2.05) is 31.2 Å². The summed E-state index contributed by atoms with van der Waals surface area (Å²) in [6.07, 6.45) is 0. The van der Waals surface area contributed by atoms with E-state index in [2.05, 4.69) is 26.2 Å². The maximum Gasteiger partial charge on any atom is 0.300 e. The van der Waals surface area contributed by atoms with Crippen LogP contribution in [0.25, 0.3) is 11.1 Å². The molecule has 0 saturated carbocycles. The normalized spacial score (nSPS) is 10.8. The van der Waals surface area contributed by atoms with Crippen molar-refractivity contribution in [3.8, 4) is 0 Å². The van der Waals surface area contributed by atoms with Gasteiger partial charge in [0, 0.05) is 15.8 Å². The number of anilines is 3. The summed E-state index contributed by atoms with van der Waals surface area (Å²) in [6, 6.07) is 11.8. The van der Waals surface area contributed by atoms with E-state index in [4.69, 9.17) is 10.2 Å². The Bertz CT molecular complexity index is 752. The molecule has 0 aliphatic heterocycles. The standard InChI is InChI=1S/C14H12BrN3O/c1-8-6-9(15)2-4-11(8)17-14-18-12-7-10(16)3-5-13(12)19-14/h2-7H,16H2,1H3,(H,17,18). The molecule has 3 rings (SSSR count). The SMILES string of the molecule is Cc1cc(Br)ccc1Nc1nc2cc(N)ccc2o1. The molecule has 1 heterocycles. The highest BCUT2D eigenvalue weighted by Gasteiger charge is 2.07. The molecule has 0 radical (unpaired) electrons. The first-order valence-electron chi connectivity index (χ1n) is 5.81. The zero-order valence-corrected chi connectivity index (χ0v) is 11.9. The minimum atomic E-state index is 0.464. The Morgan fingerprint density at radius 1 is 1.21 bits per heavy atom. The molecule has 5 heteroatoms. The zero-order valence-electron chi connectivity index (χ0n) is 10.3. The number of hydrogen-bond donors (Lipinski definition) is 2. The Balaban J connectivity index is 1.96. The third kappa shape index (κ3) is 2.42. The molecule has 96 valence electrons. The topological polar surface area (TPSA) is 64.1 Å². The van der Waals surface area contributed by atoms with Crippen molar-refractivity contribution in [2.24, 2.45) is 0 Å². The van der Waals surface area contributed by atoms with E-state index < -0.39 is 0 Å². The van der Waals surface area contributed by atoms with E-state index in [1.165, 1.54) is 0 Å². The van der Waals surface area contributed by atoms with Gasteiger partial charge >= 0.3 is 0 Å². The molecule has 2 aromatic carbocycles. The van der Waals surface area contributed by atoms with Gasteiger partial charge in [0.25, 0.3) is 6.01 Å². The van der Waals surface area contributed by atoms with Crippen LogP contribution in [0.15, 0.2) is 45.3 Å². The lowest BCUT2D eigenvalue weighted by molar-refractivity contribution is 0.623. The molecule has 0 aliphatic carbocycles. The van der Waals surface area contributed by atoms with Crippen molar-refractivity contribution in [2.45, 2.75) is 6.92 Å². The van der Waals surface area contributed by atoms with Crippen LogP contribution in [0.5, 0.6) is 0 Å². The maximum absolute atomic E-state index is 5.72. The fourth-order valence-electron chi connectivity index (χ4n) is 1.88. The molecule has 0 bridgehead atoms. The Labute approximate surface area is 118 Å². The highest BCUT2D eigenvalue weighted by molar-refractivity contribution is 9.10. The molecule has 0 fully saturated rings. The molecule has 0 amide bonds. The van der Waals surface area contributed by atoms with Crippen LogP contribution < -0.4 is 11.1 Å². The van der Waals surface area contributed by atoms with Crippen molar-refractivity contribution < 1.29 is 4.42 Å². The van der Waals surface area contributed by atoms with Crippen LogP contribution in [0.1, 0.15) is 5.56 Å². The number of hydrogen-bond acceptors (Lipinski definition) is 4. The van der Waals surface area contributed by atoms with Crippen molar-refractivity contribution in [1.29, 1.82) is 0 Å². The second kappa shape index (κ2) is 4.59. The largest absolute Gasteiger partial charge is 0.423 e. The number of nitrogens with zero attached hydrogens (tertiary/aromatic N) is 1. The van der Waals surface area contributed by atoms with Crippen molar-refractivity contribution in [1.82, 2.24) is 4.98 Å². The molecule has 0 aliphatic rings. The zero-order chi connectivity index (χ0) is 13.4. The summed E-state index contributed by atoms with van der Waals surface area (Å²) in [5, 5.41) is 3.17. The van der Waals surface area contributed by atoms with Crippen LogP contribution in [0.4, 0.5) is 17.4 Å².